The van der Waals surface area contributed by atoms with E-state index in [1.54, 1.807) is 0 Å². The van der Waals surface area contributed by atoms with Crippen molar-refractivity contribution in [3.8, 4) is 0 Å². The molecule has 0 bridgehead atoms. The summed E-state index contributed by atoms with van der Waals surface area (Å²) in [4.78, 5) is 31.7. The molecule has 6 nitrogen and oxygen atoms in total. The van der Waals surface area contributed by atoms with Crippen LogP contribution < -0.4 is 5.32 Å². The van der Waals surface area contributed by atoms with Gasteiger partial charge in [0.15, 0.2) is 0 Å². The van der Waals surface area contributed by atoms with Crippen LogP contribution in [-0.4, -0.2) is 45.5 Å². The number of carbonyl (C=O) groups excluding carboxylic acids is 1. The van der Waals surface area contributed by atoms with Crippen LogP contribution in [-0.2, 0) is 9.36 Å². The second-order valence-corrected chi connectivity index (χ2v) is 6.17. The Balaban J connectivity index is 2.07. The predicted molar refractivity (Wildman–Crippen MR) is 57.8 cm³/mol. The molecule has 2 saturated heterocycles. The van der Waals surface area contributed by atoms with E-state index in [1.165, 1.54) is 4.90 Å². The quantitative estimate of drug-likeness (QED) is 0.592. The maximum atomic E-state index is 12.0. The molecule has 0 aromatic rings. The molecule has 2 aliphatic heterocycles. The Morgan fingerprint density at radius 1 is 1.31 bits per heavy atom. The highest BCUT2D eigenvalue weighted by Gasteiger charge is 2.42. The molecule has 0 unspecified atom stereocenters. The molecule has 0 aromatic heterocycles. The Morgan fingerprint density at radius 2 is 2.06 bits per heavy atom. The first-order chi connectivity index (χ1) is 7.50. The van der Waals surface area contributed by atoms with Crippen molar-refractivity contribution in [1.29, 1.82) is 0 Å². The topological polar surface area (TPSA) is 89.9 Å². The first-order valence-corrected chi connectivity index (χ1v) is 7.27. The second-order valence-electron chi connectivity index (χ2n) is 4.39. The lowest BCUT2D eigenvalue weighted by Gasteiger charge is -2.27. The fourth-order valence-corrected chi connectivity index (χ4v) is 3.56. The summed E-state index contributed by atoms with van der Waals surface area (Å²) in [6, 6.07) is -0.243. The monoisotopic (exact) mass is 248 g/mol. The van der Waals surface area contributed by atoms with Gasteiger partial charge in [-0.3, -0.25) is 9.36 Å². The number of carbonyl (C=O) groups is 1. The SMILES string of the molecule is O=C([C@@H]1CCCN1)N1CCC[C@H]1P(=O)(O)O. The molecule has 2 aliphatic rings. The Kier molecular flexibility index (Phi) is 3.35. The number of likely N-dealkylation sites (tertiary alicyclic amines) is 1. The fraction of sp³-hybridized carbons (Fsp3) is 0.889. The number of hydrogen-bond donors (Lipinski definition) is 3. The van der Waals surface area contributed by atoms with Crippen LogP contribution in [0.5, 0.6) is 0 Å². The van der Waals surface area contributed by atoms with Crippen molar-refractivity contribution in [1.82, 2.24) is 10.2 Å². The molecule has 16 heavy (non-hydrogen) atoms. The summed E-state index contributed by atoms with van der Waals surface area (Å²) in [7, 11) is -4.19. The predicted octanol–water partition coefficient (Wildman–Crippen LogP) is -0.135. The van der Waals surface area contributed by atoms with E-state index in [0.717, 1.165) is 19.4 Å². The molecule has 2 rings (SSSR count). The summed E-state index contributed by atoms with van der Waals surface area (Å²) in [5.41, 5.74) is 0. The van der Waals surface area contributed by atoms with Gasteiger partial charge in [0.2, 0.25) is 5.91 Å². The van der Waals surface area contributed by atoms with Crippen molar-refractivity contribution in [2.75, 3.05) is 13.1 Å². The molecule has 0 aliphatic carbocycles. The standard InChI is InChI=1S/C9H17N2O4P/c12-9(7-3-1-5-10-7)11-6-2-4-8(11)16(13,14)15/h7-8,10H,1-6H2,(H2,13,14,15)/t7-,8+/m0/s1. The minimum absolute atomic E-state index is 0.150. The van der Waals surface area contributed by atoms with Gasteiger partial charge < -0.3 is 20.0 Å². The summed E-state index contributed by atoms with van der Waals surface area (Å²) in [6.07, 6.45) is 2.80. The molecule has 3 N–H and O–H groups in total. The Hall–Kier alpha value is -0.420. The number of rotatable bonds is 2. The van der Waals surface area contributed by atoms with Crippen LogP contribution in [0, 0.1) is 0 Å². The summed E-state index contributed by atoms with van der Waals surface area (Å²) in [5.74, 6) is -1.05. The third-order valence-electron chi connectivity index (χ3n) is 3.25. The van der Waals surface area contributed by atoms with Gasteiger partial charge in [-0.15, -0.1) is 0 Å². The average Bonchev–Trinajstić information content (AvgIpc) is 2.87. The van der Waals surface area contributed by atoms with Crippen molar-refractivity contribution in [2.24, 2.45) is 0 Å². The summed E-state index contributed by atoms with van der Waals surface area (Å²) < 4.78 is 11.2. The van der Waals surface area contributed by atoms with Gasteiger partial charge in [0.1, 0.15) is 5.78 Å². The summed E-state index contributed by atoms with van der Waals surface area (Å²) in [6.45, 7) is 1.28. The molecule has 0 saturated carbocycles. The lowest BCUT2D eigenvalue weighted by molar-refractivity contribution is -0.132. The molecule has 1 amide bonds. The minimum atomic E-state index is -4.19. The average molecular weight is 248 g/mol. The lowest BCUT2D eigenvalue weighted by atomic mass is 10.2. The van der Waals surface area contributed by atoms with Crippen LogP contribution in [0.3, 0.4) is 0 Å². The molecule has 2 atom stereocenters. The molecule has 7 heteroatoms. The van der Waals surface area contributed by atoms with Crippen LogP contribution in [0.4, 0.5) is 0 Å². The molecule has 2 heterocycles. The van der Waals surface area contributed by atoms with Gasteiger partial charge in [-0.05, 0) is 32.2 Å². The fourth-order valence-electron chi connectivity index (χ4n) is 2.45. The van der Waals surface area contributed by atoms with Crippen LogP contribution in [0.2, 0.25) is 0 Å². The third-order valence-corrected chi connectivity index (χ3v) is 4.56. The first-order valence-electron chi connectivity index (χ1n) is 5.59. The molecular weight excluding hydrogens is 231 g/mol. The van der Waals surface area contributed by atoms with E-state index in [9.17, 15) is 19.1 Å². The van der Waals surface area contributed by atoms with E-state index < -0.39 is 13.4 Å². The number of hydrogen-bond acceptors (Lipinski definition) is 3. The molecule has 0 spiro atoms. The van der Waals surface area contributed by atoms with E-state index in [1.807, 2.05) is 0 Å². The normalized spacial score (nSPS) is 31.0. The van der Waals surface area contributed by atoms with E-state index >= 15 is 0 Å². The Labute approximate surface area is 94.2 Å². The van der Waals surface area contributed by atoms with Gasteiger partial charge in [-0.2, -0.15) is 0 Å². The number of amides is 1. The van der Waals surface area contributed by atoms with Gasteiger partial charge in [-0.1, -0.05) is 0 Å². The van der Waals surface area contributed by atoms with Crippen molar-refractivity contribution in [3.63, 3.8) is 0 Å². The van der Waals surface area contributed by atoms with Gasteiger partial charge in [0, 0.05) is 6.54 Å². The van der Waals surface area contributed by atoms with E-state index in [4.69, 9.17) is 0 Å². The Bertz CT molecular complexity index is 323. The second kappa shape index (κ2) is 4.45. The Morgan fingerprint density at radius 3 is 2.62 bits per heavy atom. The zero-order valence-corrected chi connectivity index (χ0v) is 9.90. The molecule has 92 valence electrons. The van der Waals surface area contributed by atoms with Gasteiger partial charge >= 0.3 is 7.60 Å². The molecular formula is C9H17N2O4P. The largest absolute Gasteiger partial charge is 0.347 e. The van der Waals surface area contributed by atoms with Gasteiger partial charge in [-0.25, -0.2) is 0 Å². The lowest BCUT2D eigenvalue weighted by Crippen LogP contribution is -2.45. The minimum Gasteiger partial charge on any atom is -0.327 e. The maximum Gasteiger partial charge on any atom is 0.347 e. The maximum absolute atomic E-state index is 12.0. The highest BCUT2D eigenvalue weighted by Crippen LogP contribution is 2.48. The zero-order valence-electron chi connectivity index (χ0n) is 9.00. The first kappa shape index (κ1) is 12.0. The number of nitrogens with one attached hydrogen (secondary N) is 1. The zero-order chi connectivity index (χ0) is 11.8. The highest BCUT2D eigenvalue weighted by atomic mass is 31.2. The van der Waals surface area contributed by atoms with Crippen LogP contribution in [0.1, 0.15) is 25.7 Å². The summed E-state index contributed by atoms with van der Waals surface area (Å²) >= 11 is 0. The molecule has 2 fully saturated rings. The third kappa shape index (κ3) is 2.30. The van der Waals surface area contributed by atoms with Crippen LogP contribution >= 0.6 is 7.60 Å². The van der Waals surface area contributed by atoms with Crippen molar-refractivity contribution in [3.05, 3.63) is 0 Å². The molecule has 0 radical (unpaired) electrons. The van der Waals surface area contributed by atoms with E-state index in [2.05, 4.69) is 5.32 Å². The van der Waals surface area contributed by atoms with E-state index in [0.29, 0.717) is 19.4 Å². The van der Waals surface area contributed by atoms with Crippen LogP contribution in [0.15, 0.2) is 0 Å². The van der Waals surface area contributed by atoms with Crippen molar-refractivity contribution in [2.45, 2.75) is 37.5 Å². The van der Waals surface area contributed by atoms with Crippen molar-refractivity contribution < 1.29 is 19.1 Å². The number of nitrogens with zero attached hydrogens (tertiary/aromatic N) is 1. The smallest absolute Gasteiger partial charge is 0.327 e. The van der Waals surface area contributed by atoms with Crippen LogP contribution in [0.25, 0.3) is 0 Å². The van der Waals surface area contributed by atoms with E-state index in [-0.39, 0.29) is 11.9 Å². The molecule has 0 aromatic carbocycles. The van der Waals surface area contributed by atoms with Crippen molar-refractivity contribution >= 4 is 13.5 Å². The summed E-state index contributed by atoms with van der Waals surface area (Å²) in [5, 5.41) is 3.06. The van der Waals surface area contributed by atoms with Gasteiger partial charge in [0.05, 0.1) is 6.04 Å². The van der Waals surface area contributed by atoms with Gasteiger partial charge in [0.25, 0.3) is 0 Å². The highest BCUT2D eigenvalue weighted by molar-refractivity contribution is 7.52.